The van der Waals surface area contributed by atoms with Crippen molar-refractivity contribution in [2.45, 2.75) is 109 Å². The second-order valence-corrected chi connectivity index (χ2v) is 17.1. The average Bonchev–Trinajstić information content (AvgIpc) is 3.08. The van der Waals surface area contributed by atoms with Crippen LogP contribution in [0.25, 0.3) is 0 Å². The number of carbonyl (C=O) groups excluding carboxylic acids is 1. The van der Waals surface area contributed by atoms with E-state index in [2.05, 4.69) is 62.3 Å². The molecule has 150 valence electrons. The SMILES string of the molecule is CC(C)[Si](OC(=O)C1CC2CC([Si]OC(C)(C)C)C1C2)(C(C)C)C(C)C. The number of carbonyl (C=O) groups is 1. The van der Waals surface area contributed by atoms with Crippen LogP contribution in [0.2, 0.25) is 22.2 Å². The van der Waals surface area contributed by atoms with Gasteiger partial charge in [0.25, 0.3) is 14.3 Å². The summed E-state index contributed by atoms with van der Waals surface area (Å²) in [6.45, 7) is 19.9. The molecule has 0 amide bonds. The molecule has 0 aliphatic heterocycles. The van der Waals surface area contributed by atoms with Crippen molar-refractivity contribution in [2.75, 3.05) is 0 Å². The van der Waals surface area contributed by atoms with Gasteiger partial charge in [0.1, 0.15) is 0 Å². The fourth-order valence-corrected chi connectivity index (χ4v) is 12.3. The zero-order valence-electron chi connectivity index (χ0n) is 18.4. The monoisotopic (exact) mass is 396 g/mol. The van der Waals surface area contributed by atoms with E-state index >= 15 is 0 Å². The van der Waals surface area contributed by atoms with Crippen molar-refractivity contribution in [2.24, 2.45) is 17.8 Å². The predicted molar refractivity (Wildman–Crippen MR) is 112 cm³/mol. The van der Waals surface area contributed by atoms with E-state index < -0.39 is 8.32 Å². The molecule has 0 aromatic rings. The molecule has 3 nitrogen and oxygen atoms in total. The number of hydrogen-bond donors (Lipinski definition) is 0. The minimum Gasteiger partial charge on any atom is -0.518 e. The Hall–Kier alpha value is -0.136. The molecule has 2 rings (SSSR count). The van der Waals surface area contributed by atoms with Gasteiger partial charge in [-0.2, -0.15) is 0 Å². The van der Waals surface area contributed by atoms with Crippen LogP contribution in [0.5, 0.6) is 0 Å². The van der Waals surface area contributed by atoms with E-state index in [0.717, 1.165) is 6.42 Å². The average molecular weight is 397 g/mol. The number of fused-ring (bicyclic) bond motifs is 2. The van der Waals surface area contributed by atoms with E-state index in [9.17, 15) is 4.79 Å². The van der Waals surface area contributed by atoms with E-state index in [-0.39, 0.29) is 17.5 Å². The minimum absolute atomic E-state index is 0.0920. The third-order valence-electron chi connectivity index (χ3n) is 6.62. The topological polar surface area (TPSA) is 35.5 Å². The van der Waals surface area contributed by atoms with Crippen molar-refractivity contribution in [3.63, 3.8) is 0 Å². The first-order valence-corrected chi connectivity index (χ1v) is 13.7. The van der Waals surface area contributed by atoms with E-state index in [1.54, 1.807) is 0 Å². The lowest BCUT2D eigenvalue weighted by Gasteiger charge is -2.42. The molecule has 0 aromatic carbocycles. The molecule has 0 N–H and O–H groups in total. The maximum atomic E-state index is 13.3. The van der Waals surface area contributed by atoms with Crippen LogP contribution in [0, 0.1) is 17.8 Å². The lowest BCUT2D eigenvalue weighted by atomic mass is 9.88. The molecule has 4 atom stereocenters. The van der Waals surface area contributed by atoms with Crippen LogP contribution < -0.4 is 0 Å². The van der Waals surface area contributed by atoms with E-state index in [4.69, 9.17) is 8.85 Å². The molecule has 4 unspecified atom stereocenters. The summed E-state index contributed by atoms with van der Waals surface area (Å²) in [6, 6.07) is 0. The van der Waals surface area contributed by atoms with Crippen LogP contribution in [-0.2, 0) is 13.6 Å². The molecule has 0 heterocycles. The van der Waals surface area contributed by atoms with Crippen molar-refractivity contribution in [1.29, 1.82) is 0 Å². The van der Waals surface area contributed by atoms with Crippen LogP contribution in [0.4, 0.5) is 0 Å². The molecule has 0 spiro atoms. The van der Waals surface area contributed by atoms with E-state index in [0.29, 0.717) is 43.8 Å². The summed E-state index contributed by atoms with van der Waals surface area (Å²) in [5.41, 5.74) is 1.82. The van der Waals surface area contributed by atoms with Crippen LogP contribution in [0.15, 0.2) is 0 Å². The maximum absolute atomic E-state index is 13.3. The molecule has 2 aliphatic rings. The first kappa shape index (κ1) is 22.2. The summed E-state index contributed by atoms with van der Waals surface area (Å²) in [5.74, 6) is 1.40. The van der Waals surface area contributed by atoms with Crippen molar-refractivity contribution < 1.29 is 13.6 Å². The third-order valence-corrected chi connectivity index (χ3v) is 14.3. The molecule has 2 aliphatic carbocycles. The predicted octanol–water partition coefficient (Wildman–Crippen LogP) is 5.97. The highest BCUT2D eigenvalue weighted by atomic mass is 28.4. The molecule has 2 bridgehead atoms. The molecule has 2 saturated carbocycles. The first-order chi connectivity index (χ1) is 11.9. The Morgan fingerprint density at radius 1 is 0.962 bits per heavy atom. The van der Waals surface area contributed by atoms with Gasteiger partial charge in [-0.25, -0.2) is 0 Å². The number of rotatable bonds is 7. The van der Waals surface area contributed by atoms with Crippen LogP contribution >= 0.6 is 0 Å². The van der Waals surface area contributed by atoms with Gasteiger partial charge in [0.15, 0.2) is 0 Å². The van der Waals surface area contributed by atoms with Crippen molar-refractivity contribution in [3.8, 4) is 0 Å². The summed E-state index contributed by atoms with van der Waals surface area (Å²) < 4.78 is 12.6. The van der Waals surface area contributed by atoms with Gasteiger partial charge in [0.05, 0.1) is 5.92 Å². The lowest BCUT2D eigenvalue weighted by Crippen LogP contribution is -2.50. The van der Waals surface area contributed by atoms with Crippen molar-refractivity contribution in [1.82, 2.24) is 0 Å². The van der Waals surface area contributed by atoms with Gasteiger partial charge >= 0.3 is 0 Å². The highest BCUT2D eigenvalue weighted by Gasteiger charge is 2.54. The van der Waals surface area contributed by atoms with Crippen LogP contribution in [0.3, 0.4) is 0 Å². The molecule has 5 heteroatoms. The Balaban J connectivity index is 2.09. The second kappa shape index (κ2) is 8.08. The van der Waals surface area contributed by atoms with E-state index in [1.807, 2.05) is 0 Å². The first-order valence-electron chi connectivity index (χ1n) is 10.5. The highest BCUT2D eigenvalue weighted by molar-refractivity contribution is 6.78. The smallest absolute Gasteiger partial charge is 0.295 e. The molecular formula is C21H40O3Si2. The zero-order valence-corrected chi connectivity index (χ0v) is 20.4. The van der Waals surface area contributed by atoms with Crippen molar-refractivity contribution in [3.05, 3.63) is 0 Å². The minimum atomic E-state index is -2.13. The van der Waals surface area contributed by atoms with Gasteiger partial charge in [-0.05, 0) is 74.0 Å². The fraction of sp³-hybridized carbons (Fsp3) is 0.952. The Morgan fingerprint density at radius 3 is 1.92 bits per heavy atom. The largest absolute Gasteiger partial charge is 0.518 e. The Morgan fingerprint density at radius 2 is 1.50 bits per heavy atom. The van der Waals surface area contributed by atoms with Gasteiger partial charge in [-0.1, -0.05) is 41.5 Å². The van der Waals surface area contributed by atoms with Crippen molar-refractivity contribution >= 4 is 24.0 Å². The van der Waals surface area contributed by atoms with Crippen LogP contribution in [-0.4, -0.2) is 29.7 Å². The molecule has 26 heavy (non-hydrogen) atoms. The van der Waals surface area contributed by atoms with E-state index in [1.165, 1.54) is 12.8 Å². The maximum Gasteiger partial charge on any atom is 0.295 e. The summed E-state index contributed by atoms with van der Waals surface area (Å²) in [6.07, 6.45) is 3.48. The Kier molecular flexibility index (Phi) is 6.88. The number of hydrogen-bond acceptors (Lipinski definition) is 3. The quantitative estimate of drug-likeness (QED) is 0.497. The Labute approximate surface area is 165 Å². The Bertz CT molecular complexity index is 474. The summed E-state index contributed by atoms with van der Waals surface area (Å²) in [5, 5.41) is 0. The summed E-state index contributed by atoms with van der Waals surface area (Å²) in [4.78, 5) is 13.3. The standard InChI is InChI=1S/C21H40O3Si2/c1-13(2)26(14(3)4,15(5)6)23-20(22)18-11-16-10-17(18)19(12-16)25-24-21(7,8)9/h13-19H,10-12H2,1-9H3. The lowest BCUT2D eigenvalue weighted by molar-refractivity contribution is -0.142. The molecule has 2 radical (unpaired) electrons. The van der Waals surface area contributed by atoms with Gasteiger partial charge in [0, 0.05) is 5.60 Å². The van der Waals surface area contributed by atoms with Crippen LogP contribution in [0.1, 0.15) is 81.6 Å². The fourth-order valence-electron chi connectivity index (χ4n) is 5.61. The third kappa shape index (κ3) is 4.46. The zero-order chi connectivity index (χ0) is 19.9. The summed E-state index contributed by atoms with van der Waals surface area (Å²) >= 11 is 0. The van der Waals surface area contributed by atoms with Gasteiger partial charge in [-0.3, -0.25) is 4.79 Å². The van der Waals surface area contributed by atoms with Gasteiger partial charge in [0.2, 0.25) is 9.76 Å². The molecule has 0 aromatic heterocycles. The molecular weight excluding hydrogens is 356 g/mol. The molecule has 2 fully saturated rings. The normalized spacial score (nSPS) is 29.2. The summed E-state index contributed by atoms with van der Waals surface area (Å²) in [7, 11) is -1.62. The highest BCUT2D eigenvalue weighted by Crippen LogP contribution is 2.56. The van der Waals surface area contributed by atoms with Gasteiger partial charge in [-0.15, -0.1) is 0 Å². The van der Waals surface area contributed by atoms with Gasteiger partial charge < -0.3 is 8.85 Å². The molecule has 0 saturated heterocycles. The second-order valence-electron chi connectivity index (χ2n) is 10.5.